The molecule has 4 N–H and O–H groups in total. The Labute approximate surface area is 121 Å². The third kappa shape index (κ3) is 1.69. The smallest absolute Gasteiger partial charge is 0.424 e. The lowest BCUT2D eigenvalue weighted by atomic mass is 10.1. The van der Waals surface area contributed by atoms with Crippen LogP contribution in [0.5, 0.6) is 0 Å². The van der Waals surface area contributed by atoms with Crippen LogP contribution in [0.4, 0.5) is 10.7 Å². The van der Waals surface area contributed by atoms with E-state index in [0.29, 0.717) is 0 Å². The van der Waals surface area contributed by atoms with Crippen LogP contribution in [0.3, 0.4) is 0 Å². The Kier molecular flexibility index (Phi) is 2.62. The van der Waals surface area contributed by atoms with Gasteiger partial charge in [-0.1, -0.05) is 0 Å². The van der Waals surface area contributed by atoms with E-state index >= 15 is 0 Å². The number of nitrogens with one attached hydrogen (secondary N) is 1. The van der Waals surface area contributed by atoms with Crippen molar-refractivity contribution in [3.63, 3.8) is 0 Å². The number of aliphatic hydroxyl groups excluding tert-OH is 1. The predicted molar refractivity (Wildman–Crippen MR) is 68.7 cm³/mol. The van der Waals surface area contributed by atoms with E-state index in [1.807, 2.05) is 0 Å². The normalized spacial score (nSPS) is 30.3. The predicted octanol–water partition coefficient (Wildman–Crippen LogP) is -1.50. The van der Waals surface area contributed by atoms with E-state index in [4.69, 9.17) is 19.9 Å². The number of aromatic nitrogens is 4. The number of aromatic amines is 1. The van der Waals surface area contributed by atoms with Gasteiger partial charge in [-0.05, 0) is 0 Å². The van der Waals surface area contributed by atoms with Gasteiger partial charge in [0.05, 0.1) is 12.9 Å². The summed E-state index contributed by atoms with van der Waals surface area (Å²) in [7, 11) is 0. The van der Waals surface area contributed by atoms with Gasteiger partial charge in [-0.15, -0.1) is 0 Å². The molecule has 4 rings (SSSR count). The van der Waals surface area contributed by atoms with Crippen LogP contribution >= 0.6 is 0 Å². The Morgan fingerprint density at radius 3 is 2.91 bits per heavy atom. The first-order valence-electron chi connectivity index (χ1n) is 6.44. The molecule has 2 saturated heterocycles. The maximum absolute atomic E-state index is 11.8. The number of fused-ring (bicyclic) bond motifs is 2. The largest absolute Gasteiger partial charge is 0.509 e. The lowest BCUT2D eigenvalue weighted by molar-refractivity contribution is -0.0704. The third-order valence-electron chi connectivity index (χ3n) is 3.65. The fourth-order valence-corrected chi connectivity index (χ4v) is 2.73. The van der Waals surface area contributed by atoms with Crippen LogP contribution in [0, 0.1) is 0 Å². The minimum Gasteiger partial charge on any atom is -0.424 e. The summed E-state index contributed by atoms with van der Waals surface area (Å²) >= 11 is 0. The van der Waals surface area contributed by atoms with Crippen molar-refractivity contribution in [2.45, 2.75) is 24.5 Å². The number of nitrogens with zero attached hydrogens (tertiary/aromatic N) is 3. The summed E-state index contributed by atoms with van der Waals surface area (Å²) in [4.78, 5) is 33.4. The first-order chi connectivity index (χ1) is 10.6. The number of carbonyl (C=O) groups excluding carboxylic acids is 1. The number of imidazole rings is 1. The highest BCUT2D eigenvalue weighted by Crippen LogP contribution is 2.38. The molecule has 0 bridgehead atoms. The first kappa shape index (κ1) is 13.0. The van der Waals surface area contributed by atoms with Gasteiger partial charge in [-0.25, -0.2) is 9.78 Å². The second-order valence-corrected chi connectivity index (χ2v) is 4.94. The van der Waals surface area contributed by atoms with Crippen LogP contribution in [0.15, 0.2) is 11.1 Å². The van der Waals surface area contributed by atoms with E-state index < -0.39 is 36.3 Å². The van der Waals surface area contributed by atoms with Crippen molar-refractivity contribution in [3.8, 4) is 0 Å². The second-order valence-electron chi connectivity index (χ2n) is 4.94. The Balaban J connectivity index is 1.82. The van der Waals surface area contributed by atoms with Crippen LogP contribution in [0.2, 0.25) is 0 Å². The number of rotatable bonds is 2. The van der Waals surface area contributed by atoms with Crippen molar-refractivity contribution in [1.82, 2.24) is 19.5 Å². The van der Waals surface area contributed by atoms with Gasteiger partial charge < -0.3 is 25.1 Å². The minimum absolute atomic E-state index is 0.0760. The number of H-pyrrole nitrogens is 1. The standard InChI is InChI=1S/C11H11N5O6/c12-10-14-7-4(8(18)15-10)13-2-16(7)9-6-5(3(1-17)20-9)21-11(19)22-6/h2-3,5-6,9,17H,1H2,(H3,12,14,15,18)/t3-,5-,6-,9-/m1/s1. The second kappa shape index (κ2) is 4.42. The van der Waals surface area contributed by atoms with Crippen molar-refractivity contribution >= 4 is 23.3 Å². The van der Waals surface area contributed by atoms with Crippen LogP contribution in [-0.2, 0) is 14.2 Å². The maximum Gasteiger partial charge on any atom is 0.509 e. The Morgan fingerprint density at radius 2 is 2.14 bits per heavy atom. The number of ether oxygens (including phenoxy) is 3. The van der Waals surface area contributed by atoms with E-state index in [1.165, 1.54) is 10.9 Å². The first-order valence-corrected chi connectivity index (χ1v) is 6.44. The highest BCUT2D eigenvalue weighted by Gasteiger charge is 2.55. The fourth-order valence-electron chi connectivity index (χ4n) is 2.73. The Hall–Kier alpha value is -2.66. The van der Waals surface area contributed by atoms with Gasteiger partial charge in [0.15, 0.2) is 29.6 Å². The van der Waals surface area contributed by atoms with Crippen molar-refractivity contribution in [3.05, 3.63) is 16.7 Å². The summed E-state index contributed by atoms with van der Waals surface area (Å²) in [6.45, 7) is -0.350. The maximum atomic E-state index is 11.8. The molecule has 2 aromatic rings. The van der Waals surface area contributed by atoms with Crippen molar-refractivity contribution < 1.29 is 24.1 Å². The van der Waals surface area contributed by atoms with Crippen LogP contribution in [-0.4, -0.2) is 55.7 Å². The molecule has 0 spiro atoms. The van der Waals surface area contributed by atoms with Gasteiger partial charge in [-0.2, -0.15) is 4.98 Å². The summed E-state index contributed by atoms with van der Waals surface area (Å²) in [5.41, 5.74) is 5.31. The zero-order valence-electron chi connectivity index (χ0n) is 11.0. The highest BCUT2D eigenvalue weighted by atomic mass is 16.8. The van der Waals surface area contributed by atoms with Gasteiger partial charge in [0.25, 0.3) is 5.56 Å². The lowest BCUT2D eigenvalue weighted by Gasteiger charge is -2.17. The molecule has 2 aliphatic heterocycles. The molecular weight excluding hydrogens is 298 g/mol. The van der Waals surface area contributed by atoms with Gasteiger partial charge >= 0.3 is 6.16 Å². The minimum atomic E-state index is -0.837. The molecule has 11 heteroatoms. The molecule has 116 valence electrons. The van der Waals surface area contributed by atoms with Crippen molar-refractivity contribution in [1.29, 1.82) is 0 Å². The quantitative estimate of drug-likeness (QED) is 0.562. The lowest BCUT2D eigenvalue weighted by Crippen LogP contribution is -2.30. The molecular formula is C11H11N5O6. The van der Waals surface area contributed by atoms with Crippen LogP contribution < -0.4 is 11.3 Å². The van der Waals surface area contributed by atoms with Crippen LogP contribution in [0.1, 0.15) is 6.23 Å². The number of nitrogen functional groups attached to an aromatic ring is 1. The molecule has 11 nitrogen and oxygen atoms in total. The highest BCUT2D eigenvalue weighted by molar-refractivity contribution is 5.70. The molecule has 22 heavy (non-hydrogen) atoms. The topological polar surface area (TPSA) is 155 Å². The van der Waals surface area contributed by atoms with E-state index in [9.17, 15) is 14.7 Å². The molecule has 2 aliphatic rings. The van der Waals surface area contributed by atoms with E-state index in [0.717, 1.165) is 0 Å². The van der Waals surface area contributed by atoms with Crippen LogP contribution in [0.25, 0.3) is 11.2 Å². The Bertz CT molecular complexity index is 815. The molecule has 0 unspecified atom stereocenters. The number of hydrogen-bond acceptors (Lipinski definition) is 9. The zero-order chi connectivity index (χ0) is 15.4. The summed E-state index contributed by atoms with van der Waals surface area (Å²) in [6.07, 6.45) is -2.58. The number of carbonyl (C=O) groups is 1. The molecule has 4 atom stereocenters. The third-order valence-corrected chi connectivity index (χ3v) is 3.65. The molecule has 0 radical (unpaired) electrons. The summed E-state index contributed by atoms with van der Waals surface area (Å²) in [6, 6.07) is 0. The van der Waals surface area contributed by atoms with Gasteiger partial charge in [-0.3, -0.25) is 14.3 Å². The monoisotopic (exact) mass is 309 g/mol. The summed E-state index contributed by atoms with van der Waals surface area (Å²) in [5.74, 6) is -0.0767. The number of hydrogen-bond donors (Lipinski definition) is 3. The molecule has 0 aliphatic carbocycles. The summed E-state index contributed by atoms with van der Waals surface area (Å²) in [5, 5.41) is 9.33. The fraction of sp³-hybridized carbons (Fsp3) is 0.455. The number of aliphatic hydroxyl groups is 1. The van der Waals surface area contributed by atoms with Gasteiger partial charge in [0.2, 0.25) is 5.95 Å². The molecule has 0 saturated carbocycles. The summed E-state index contributed by atoms with van der Waals surface area (Å²) < 4.78 is 17.1. The molecule has 0 amide bonds. The van der Waals surface area contributed by atoms with Gasteiger partial charge in [0, 0.05) is 0 Å². The SMILES string of the molecule is Nc1nc2c(ncn2[C@@H]2O[C@H](CO)[C@H]3OC(=O)O[C@H]32)c(=O)[nH]1. The number of anilines is 1. The molecule has 2 aromatic heterocycles. The van der Waals surface area contributed by atoms with E-state index in [-0.39, 0.29) is 23.7 Å². The van der Waals surface area contributed by atoms with Crippen molar-refractivity contribution in [2.24, 2.45) is 0 Å². The average Bonchev–Trinajstić information content (AvgIpc) is 3.11. The van der Waals surface area contributed by atoms with Gasteiger partial charge in [0.1, 0.15) is 6.10 Å². The molecule has 2 fully saturated rings. The molecule has 4 heterocycles. The molecule has 0 aromatic carbocycles. The Morgan fingerprint density at radius 1 is 1.36 bits per heavy atom. The number of nitrogens with two attached hydrogens (primary N) is 1. The zero-order valence-corrected chi connectivity index (χ0v) is 11.0. The van der Waals surface area contributed by atoms with E-state index in [1.54, 1.807) is 0 Å². The average molecular weight is 309 g/mol. The van der Waals surface area contributed by atoms with E-state index in [2.05, 4.69) is 15.0 Å². The van der Waals surface area contributed by atoms with Crippen molar-refractivity contribution in [2.75, 3.05) is 12.3 Å².